The largest absolute Gasteiger partial charge is 0.448 e. The second-order valence-corrected chi connectivity index (χ2v) is 8.80. The maximum Gasteiger partial charge on any atom is 0.251 e. The van der Waals surface area contributed by atoms with Crippen molar-refractivity contribution in [3.63, 3.8) is 0 Å². The Balaban J connectivity index is 1.20. The molecule has 8 nitrogen and oxygen atoms in total. The van der Waals surface area contributed by atoms with Crippen molar-refractivity contribution in [1.82, 2.24) is 14.9 Å². The van der Waals surface area contributed by atoms with E-state index < -0.39 is 5.79 Å². The summed E-state index contributed by atoms with van der Waals surface area (Å²) in [7, 11) is 0. The van der Waals surface area contributed by atoms with Crippen LogP contribution < -0.4 is 20.6 Å². The third kappa shape index (κ3) is 3.93. The van der Waals surface area contributed by atoms with E-state index in [-0.39, 0.29) is 11.7 Å². The van der Waals surface area contributed by atoms with Gasteiger partial charge in [-0.25, -0.2) is 4.68 Å². The molecule has 1 spiro atoms. The average molecular weight is 438 g/mol. The molecule has 5 rings (SSSR count). The summed E-state index contributed by atoms with van der Waals surface area (Å²) < 4.78 is 13.5. The SMILES string of the molecule is Cc1ccc(-c2nnc(SCC(=O)Nc3ccc4c(c3)OC3(CCCC3)O4)n2N)cc1. The molecule has 0 bridgehead atoms. The number of thioether (sulfide) groups is 1. The van der Waals surface area contributed by atoms with E-state index in [1.54, 1.807) is 0 Å². The van der Waals surface area contributed by atoms with Crippen LogP contribution in [0.2, 0.25) is 0 Å². The Kier molecular flexibility index (Phi) is 4.97. The highest BCUT2D eigenvalue weighted by Crippen LogP contribution is 2.47. The average Bonchev–Trinajstić information content (AvgIpc) is 3.46. The fraction of sp³-hybridized carbons (Fsp3) is 0.318. The summed E-state index contributed by atoms with van der Waals surface area (Å²) in [5, 5.41) is 11.6. The summed E-state index contributed by atoms with van der Waals surface area (Å²) in [4.78, 5) is 12.5. The first-order chi connectivity index (χ1) is 15.0. The van der Waals surface area contributed by atoms with Crippen LogP contribution in [0.1, 0.15) is 31.2 Å². The molecule has 1 aliphatic heterocycles. The van der Waals surface area contributed by atoms with E-state index in [9.17, 15) is 4.79 Å². The molecule has 31 heavy (non-hydrogen) atoms. The molecule has 0 atom stereocenters. The second kappa shape index (κ2) is 7.81. The monoisotopic (exact) mass is 437 g/mol. The van der Waals surface area contributed by atoms with Crippen molar-refractivity contribution in [3.8, 4) is 22.9 Å². The molecule has 1 fully saturated rings. The Morgan fingerprint density at radius 2 is 1.87 bits per heavy atom. The first-order valence-electron chi connectivity index (χ1n) is 10.2. The third-order valence-electron chi connectivity index (χ3n) is 5.49. The number of nitrogens with zero attached hydrogens (tertiary/aromatic N) is 3. The van der Waals surface area contributed by atoms with Gasteiger partial charge in [-0.1, -0.05) is 41.6 Å². The lowest BCUT2D eigenvalue weighted by atomic mass is 10.1. The Morgan fingerprint density at radius 1 is 1.13 bits per heavy atom. The molecular weight excluding hydrogens is 414 g/mol. The number of nitrogens with one attached hydrogen (secondary N) is 1. The molecule has 1 saturated carbocycles. The number of nitrogen functional groups attached to an aromatic ring is 1. The molecule has 2 heterocycles. The summed E-state index contributed by atoms with van der Waals surface area (Å²) in [6.07, 6.45) is 3.99. The third-order valence-corrected chi connectivity index (χ3v) is 6.43. The topological polar surface area (TPSA) is 104 Å². The van der Waals surface area contributed by atoms with Crippen molar-refractivity contribution in [3.05, 3.63) is 48.0 Å². The van der Waals surface area contributed by atoms with Crippen molar-refractivity contribution in [1.29, 1.82) is 0 Å². The van der Waals surface area contributed by atoms with Gasteiger partial charge < -0.3 is 20.6 Å². The number of rotatable bonds is 5. The predicted molar refractivity (Wildman–Crippen MR) is 119 cm³/mol. The molecule has 9 heteroatoms. The summed E-state index contributed by atoms with van der Waals surface area (Å²) in [5.41, 5.74) is 2.69. The minimum atomic E-state index is -0.513. The van der Waals surface area contributed by atoms with Crippen LogP contribution in [-0.2, 0) is 4.79 Å². The molecule has 2 aromatic carbocycles. The molecule has 3 N–H and O–H groups in total. The standard InChI is InChI=1S/C22H23N5O3S/c1-14-4-6-15(7-5-14)20-25-26-21(27(20)23)31-13-19(28)24-16-8-9-17-18(12-16)30-22(29-17)10-2-3-11-22/h4-9,12H,2-3,10-11,13,23H2,1H3,(H,24,28). The van der Waals surface area contributed by atoms with Gasteiger partial charge in [-0.2, -0.15) is 0 Å². The van der Waals surface area contributed by atoms with Crippen LogP contribution in [-0.4, -0.2) is 32.3 Å². The Labute approximate surface area is 184 Å². The molecule has 1 aliphatic carbocycles. The quantitative estimate of drug-likeness (QED) is 0.463. The number of hydrogen-bond donors (Lipinski definition) is 2. The first-order valence-corrected chi connectivity index (χ1v) is 11.2. The lowest BCUT2D eigenvalue weighted by Crippen LogP contribution is -2.34. The number of benzene rings is 2. The fourth-order valence-electron chi connectivity index (χ4n) is 3.89. The van der Waals surface area contributed by atoms with Crippen LogP contribution in [0.15, 0.2) is 47.6 Å². The lowest BCUT2D eigenvalue weighted by Gasteiger charge is -2.21. The highest BCUT2D eigenvalue weighted by Gasteiger charge is 2.44. The van der Waals surface area contributed by atoms with Crippen LogP contribution in [0.25, 0.3) is 11.4 Å². The number of aryl methyl sites for hydroxylation is 1. The number of anilines is 1. The van der Waals surface area contributed by atoms with Gasteiger partial charge in [0.15, 0.2) is 17.3 Å². The van der Waals surface area contributed by atoms with Crippen LogP contribution in [0.4, 0.5) is 5.69 Å². The van der Waals surface area contributed by atoms with Gasteiger partial charge in [0.25, 0.3) is 5.79 Å². The molecular formula is C22H23N5O3S. The van der Waals surface area contributed by atoms with Gasteiger partial charge in [0, 0.05) is 30.2 Å². The van der Waals surface area contributed by atoms with E-state index in [1.807, 2.05) is 49.4 Å². The minimum Gasteiger partial charge on any atom is -0.448 e. The summed E-state index contributed by atoms with van der Waals surface area (Å²) in [6.45, 7) is 2.02. The van der Waals surface area contributed by atoms with E-state index in [0.717, 1.165) is 42.6 Å². The molecule has 1 aromatic heterocycles. The number of carbonyl (C=O) groups is 1. The van der Waals surface area contributed by atoms with Gasteiger partial charge in [-0.05, 0) is 31.9 Å². The highest BCUT2D eigenvalue weighted by molar-refractivity contribution is 7.99. The predicted octanol–water partition coefficient (Wildman–Crippen LogP) is 3.74. The van der Waals surface area contributed by atoms with Gasteiger partial charge in [-0.15, -0.1) is 10.2 Å². The van der Waals surface area contributed by atoms with E-state index in [4.69, 9.17) is 15.3 Å². The number of ether oxygens (including phenoxy) is 2. The van der Waals surface area contributed by atoms with Crippen molar-refractivity contribution >= 4 is 23.4 Å². The number of nitrogens with two attached hydrogens (primary N) is 1. The van der Waals surface area contributed by atoms with E-state index in [1.165, 1.54) is 16.4 Å². The van der Waals surface area contributed by atoms with Gasteiger partial charge in [0.2, 0.25) is 11.1 Å². The van der Waals surface area contributed by atoms with Gasteiger partial charge >= 0.3 is 0 Å². The Bertz CT molecular complexity index is 1120. The summed E-state index contributed by atoms with van der Waals surface area (Å²) >= 11 is 1.23. The summed E-state index contributed by atoms with van der Waals surface area (Å²) in [6, 6.07) is 13.3. The number of fused-ring (bicyclic) bond motifs is 1. The molecule has 3 aromatic rings. The molecule has 160 valence electrons. The zero-order chi connectivity index (χ0) is 21.4. The maximum absolute atomic E-state index is 12.5. The lowest BCUT2D eigenvalue weighted by molar-refractivity contribution is -0.113. The smallest absolute Gasteiger partial charge is 0.251 e. The van der Waals surface area contributed by atoms with Gasteiger partial charge in [0.1, 0.15) is 0 Å². The van der Waals surface area contributed by atoms with Gasteiger partial charge in [0.05, 0.1) is 5.75 Å². The molecule has 0 saturated heterocycles. The maximum atomic E-state index is 12.5. The highest BCUT2D eigenvalue weighted by atomic mass is 32.2. The van der Waals surface area contributed by atoms with Gasteiger partial charge in [-0.3, -0.25) is 4.79 Å². The number of hydrogen-bond acceptors (Lipinski definition) is 7. The van der Waals surface area contributed by atoms with Crippen molar-refractivity contribution in [2.75, 3.05) is 16.9 Å². The van der Waals surface area contributed by atoms with Crippen LogP contribution in [0, 0.1) is 6.92 Å². The second-order valence-electron chi connectivity index (χ2n) is 7.86. The Hall–Kier alpha value is -3.20. The van der Waals surface area contributed by atoms with Crippen LogP contribution in [0.5, 0.6) is 11.5 Å². The van der Waals surface area contributed by atoms with Crippen molar-refractivity contribution in [2.45, 2.75) is 43.6 Å². The molecule has 2 aliphatic rings. The normalized spacial score (nSPS) is 16.0. The first kappa shape index (κ1) is 19.7. The number of amides is 1. The minimum absolute atomic E-state index is 0.154. The van der Waals surface area contributed by atoms with Crippen molar-refractivity contribution in [2.24, 2.45) is 0 Å². The van der Waals surface area contributed by atoms with Crippen molar-refractivity contribution < 1.29 is 14.3 Å². The van der Waals surface area contributed by atoms with Crippen LogP contribution in [0.3, 0.4) is 0 Å². The summed E-state index contributed by atoms with van der Waals surface area (Å²) in [5.74, 6) is 7.58. The van der Waals surface area contributed by atoms with E-state index in [0.29, 0.717) is 22.4 Å². The molecule has 1 amide bonds. The number of carbonyl (C=O) groups excluding carboxylic acids is 1. The number of aromatic nitrogens is 3. The van der Waals surface area contributed by atoms with E-state index >= 15 is 0 Å². The molecule has 0 radical (unpaired) electrons. The van der Waals surface area contributed by atoms with E-state index in [2.05, 4.69) is 15.5 Å². The zero-order valence-electron chi connectivity index (χ0n) is 17.1. The van der Waals surface area contributed by atoms with Crippen LogP contribution >= 0.6 is 11.8 Å². The fourth-order valence-corrected chi connectivity index (χ4v) is 4.55. The zero-order valence-corrected chi connectivity index (χ0v) is 17.9. The molecule has 0 unspecified atom stereocenters. The Morgan fingerprint density at radius 3 is 2.65 bits per heavy atom.